The largest absolute Gasteiger partial charge is 0.461 e. The van der Waals surface area contributed by atoms with Crippen molar-refractivity contribution in [2.45, 2.75) is 45.5 Å². The highest BCUT2D eigenvalue weighted by atomic mass is 28.4. The molecule has 2 aromatic rings. The van der Waals surface area contributed by atoms with E-state index in [1.54, 1.807) is 6.07 Å². The summed E-state index contributed by atoms with van der Waals surface area (Å²) >= 11 is 0. The number of rotatable bonds is 6. The predicted molar refractivity (Wildman–Crippen MR) is 78.2 cm³/mol. The lowest BCUT2D eigenvalue weighted by atomic mass is 10.1. The van der Waals surface area contributed by atoms with Gasteiger partial charge in [0.1, 0.15) is 11.8 Å². The Bertz CT molecular complexity index is 548. The molecule has 1 aromatic carbocycles. The molecule has 0 fully saturated rings. The molecule has 0 N–H and O–H groups in total. The van der Waals surface area contributed by atoms with Crippen LogP contribution in [-0.2, 0) is 11.0 Å². The molecule has 0 radical (unpaired) electrons. The maximum Gasteiger partial charge on any atom is 0.187 e. The molecule has 2 rings (SSSR count). The highest BCUT2D eigenvalue weighted by Crippen LogP contribution is 2.25. The molecule has 0 saturated carbocycles. The second-order valence-electron chi connectivity index (χ2n) is 5.53. The fourth-order valence-corrected chi connectivity index (χ4v) is 4.04. The van der Waals surface area contributed by atoms with Gasteiger partial charge in [-0.25, -0.2) is 4.39 Å². The monoisotopic (exact) mass is 280 g/mol. The van der Waals surface area contributed by atoms with E-state index in [1.165, 1.54) is 12.8 Å². The van der Waals surface area contributed by atoms with Gasteiger partial charge in [-0.3, -0.25) is 0 Å². The van der Waals surface area contributed by atoms with E-state index in [1.807, 2.05) is 12.1 Å². The van der Waals surface area contributed by atoms with E-state index in [-0.39, 0.29) is 5.82 Å². The average molecular weight is 280 g/mol. The van der Waals surface area contributed by atoms with Gasteiger partial charge in [-0.1, -0.05) is 31.9 Å². The quantitative estimate of drug-likeness (QED) is 0.687. The van der Waals surface area contributed by atoms with Crippen molar-refractivity contribution in [2.75, 3.05) is 0 Å². The molecule has 0 aliphatic carbocycles. The number of furan rings is 1. The zero-order chi connectivity index (χ0) is 13.9. The lowest BCUT2D eigenvalue weighted by Gasteiger charge is -2.22. The molecular weight excluding hydrogens is 259 g/mol. The van der Waals surface area contributed by atoms with E-state index in [9.17, 15) is 4.39 Å². The summed E-state index contributed by atoms with van der Waals surface area (Å²) in [5, 5.41) is 0.536. The van der Waals surface area contributed by atoms with Crippen molar-refractivity contribution in [1.29, 1.82) is 0 Å². The highest BCUT2D eigenvalue weighted by molar-refractivity contribution is 6.71. The molecule has 0 unspecified atom stereocenters. The molecule has 0 saturated heterocycles. The molecular formula is C15H21FO2Si. The smallest absolute Gasteiger partial charge is 0.187 e. The molecule has 1 aromatic heterocycles. The van der Waals surface area contributed by atoms with Gasteiger partial charge in [-0.2, -0.15) is 0 Å². The van der Waals surface area contributed by atoms with Crippen LogP contribution in [-0.4, -0.2) is 8.32 Å². The third kappa shape index (κ3) is 3.45. The lowest BCUT2D eigenvalue weighted by Crippen LogP contribution is -2.29. The first kappa shape index (κ1) is 14.3. The van der Waals surface area contributed by atoms with Crippen molar-refractivity contribution in [3.8, 4) is 0 Å². The zero-order valence-electron chi connectivity index (χ0n) is 11.8. The number of hydrogen-bond acceptors (Lipinski definition) is 2. The van der Waals surface area contributed by atoms with Gasteiger partial charge in [0, 0.05) is 5.56 Å². The number of hydrogen-bond donors (Lipinski definition) is 0. The molecule has 19 heavy (non-hydrogen) atoms. The maximum atomic E-state index is 13.4. The van der Waals surface area contributed by atoms with Gasteiger partial charge >= 0.3 is 0 Å². The number of halogens is 1. The molecule has 0 bridgehead atoms. The van der Waals surface area contributed by atoms with Crippen molar-refractivity contribution < 1.29 is 13.2 Å². The van der Waals surface area contributed by atoms with Crippen LogP contribution in [0.3, 0.4) is 0 Å². The van der Waals surface area contributed by atoms with Crippen molar-refractivity contribution in [3.63, 3.8) is 0 Å². The molecule has 2 nitrogen and oxygen atoms in total. The predicted octanol–water partition coefficient (Wildman–Crippen LogP) is 5.09. The van der Waals surface area contributed by atoms with E-state index in [0.29, 0.717) is 17.6 Å². The van der Waals surface area contributed by atoms with Crippen LogP contribution in [0.4, 0.5) is 4.39 Å². The molecule has 0 amide bonds. The van der Waals surface area contributed by atoms with Gasteiger partial charge in [-0.15, -0.1) is 0 Å². The minimum absolute atomic E-state index is 0.306. The van der Waals surface area contributed by atoms with Crippen LogP contribution in [0.2, 0.25) is 19.1 Å². The van der Waals surface area contributed by atoms with E-state index in [0.717, 1.165) is 17.9 Å². The Morgan fingerprint density at radius 1 is 1.32 bits per heavy atom. The van der Waals surface area contributed by atoms with E-state index < -0.39 is 8.32 Å². The first-order valence-electron chi connectivity index (χ1n) is 6.82. The number of unbranched alkanes of at least 4 members (excludes halogenated alkanes) is 1. The molecule has 0 spiro atoms. The molecule has 0 aliphatic rings. The van der Waals surface area contributed by atoms with Crippen molar-refractivity contribution in [1.82, 2.24) is 0 Å². The van der Waals surface area contributed by atoms with Crippen molar-refractivity contribution in [3.05, 3.63) is 35.8 Å². The summed E-state index contributed by atoms with van der Waals surface area (Å²) in [5.41, 5.74) is 1.54. The fourth-order valence-electron chi connectivity index (χ4n) is 2.15. The van der Waals surface area contributed by atoms with E-state index in [2.05, 4.69) is 20.0 Å². The van der Waals surface area contributed by atoms with Crippen LogP contribution >= 0.6 is 0 Å². The Labute approximate surface area is 114 Å². The van der Waals surface area contributed by atoms with Crippen LogP contribution < -0.4 is 0 Å². The standard InChI is InChI=1S/C15H21FO2Si/c1-4-5-9-19(2,3)18-10-12-7-6-8-13-14(16)11-17-15(12)13/h6-8,11H,4-5,9-10H2,1-3H3. The summed E-state index contributed by atoms with van der Waals surface area (Å²) in [6.07, 6.45) is 3.56. The van der Waals surface area contributed by atoms with Gasteiger partial charge in [0.15, 0.2) is 14.1 Å². The Morgan fingerprint density at radius 2 is 2.11 bits per heavy atom. The Hall–Kier alpha value is -1.13. The Morgan fingerprint density at radius 3 is 2.84 bits per heavy atom. The maximum absolute atomic E-state index is 13.4. The lowest BCUT2D eigenvalue weighted by molar-refractivity contribution is 0.293. The van der Waals surface area contributed by atoms with Gasteiger partial charge < -0.3 is 8.84 Å². The van der Waals surface area contributed by atoms with Crippen molar-refractivity contribution in [2.24, 2.45) is 0 Å². The molecule has 0 atom stereocenters. The van der Waals surface area contributed by atoms with Crippen molar-refractivity contribution >= 4 is 19.3 Å². The second-order valence-corrected chi connectivity index (χ2v) is 9.84. The summed E-state index contributed by atoms with van der Waals surface area (Å²) in [5.74, 6) is -0.306. The number of para-hydroxylation sites is 1. The van der Waals surface area contributed by atoms with Crippen LogP contribution in [0, 0.1) is 5.82 Å². The summed E-state index contributed by atoms with van der Waals surface area (Å²) in [4.78, 5) is 0. The fraction of sp³-hybridized carbons (Fsp3) is 0.467. The third-order valence-electron chi connectivity index (χ3n) is 3.38. The Kier molecular flexibility index (Phi) is 4.42. The molecule has 104 valence electrons. The van der Waals surface area contributed by atoms with Gasteiger partial charge in [0.25, 0.3) is 0 Å². The first-order chi connectivity index (χ1) is 9.03. The van der Waals surface area contributed by atoms with Crippen LogP contribution in [0.5, 0.6) is 0 Å². The van der Waals surface area contributed by atoms with Crippen LogP contribution in [0.25, 0.3) is 11.0 Å². The third-order valence-corrected chi connectivity index (χ3v) is 5.87. The van der Waals surface area contributed by atoms with E-state index >= 15 is 0 Å². The number of fused-ring (bicyclic) bond motifs is 1. The topological polar surface area (TPSA) is 22.4 Å². The Balaban J connectivity index is 2.09. The zero-order valence-corrected chi connectivity index (χ0v) is 12.8. The van der Waals surface area contributed by atoms with Gasteiger partial charge in [0.05, 0.1) is 12.0 Å². The minimum atomic E-state index is -1.62. The molecule has 0 aliphatic heterocycles. The van der Waals surface area contributed by atoms with Gasteiger partial charge in [-0.05, 0) is 25.2 Å². The minimum Gasteiger partial charge on any atom is -0.461 e. The first-order valence-corrected chi connectivity index (χ1v) is 9.93. The van der Waals surface area contributed by atoms with Crippen LogP contribution in [0.1, 0.15) is 25.3 Å². The van der Waals surface area contributed by atoms with Gasteiger partial charge in [0.2, 0.25) is 0 Å². The summed E-state index contributed by atoms with van der Waals surface area (Å²) in [6.45, 7) is 7.15. The summed E-state index contributed by atoms with van der Waals surface area (Å²) < 4.78 is 24.8. The number of benzene rings is 1. The van der Waals surface area contributed by atoms with Crippen LogP contribution in [0.15, 0.2) is 28.9 Å². The SMILES string of the molecule is CCCC[Si](C)(C)OCc1cccc2c(F)coc12. The average Bonchev–Trinajstić information content (AvgIpc) is 2.77. The van der Waals surface area contributed by atoms with E-state index in [4.69, 9.17) is 8.84 Å². The molecule has 1 heterocycles. The summed E-state index contributed by atoms with van der Waals surface area (Å²) in [7, 11) is -1.62. The summed E-state index contributed by atoms with van der Waals surface area (Å²) in [6, 6.07) is 6.68. The molecule has 4 heteroatoms. The normalized spacial score (nSPS) is 12.2. The second kappa shape index (κ2) is 5.88. The highest BCUT2D eigenvalue weighted by Gasteiger charge is 2.22.